The van der Waals surface area contributed by atoms with Crippen LogP contribution >= 0.6 is 0 Å². The first-order valence-electron chi connectivity index (χ1n) is 12.6. The Labute approximate surface area is 208 Å². The van der Waals surface area contributed by atoms with Crippen LogP contribution in [-0.4, -0.2) is 75.9 Å². The summed E-state index contributed by atoms with van der Waals surface area (Å²) in [5.74, 6) is -1.36. The molecule has 2 fully saturated rings. The molecule has 8 nitrogen and oxygen atoms in total. The molecule has 5 rings (SSSR count). The van der Waals surface area contributed by atoms with Crippen molar-refractivity contribution in [3.8, 4) is 11.6 Å². The topological polar surface area (TPSA) is 82.7 Å². The van der Waals surface area contributed by atoms with Crippen LogP contribution in [-0.2, 0) is 6.18 Å². The average molecular weight is 504 g/mol. The van der Waals surface area contributed by atoms with Crippen molar-refractivity contribution in [1.82, 2.24) is 24.9 Å². The zero-order chi connectivity index (χ0) is 25.3. The van der Waals surface area contributed by atoms with Gasteiger partial charge in [0, 0.05) is 44.0 Å². The van der Waals surface area contributed by atoms with Gasteiger partial charge in [-0.15, -0.1) is 0 Å². The van der Waals surface area contributed by atoms with E-state index in [0.29, 0.717) is 0 Å². The number of hydrogen-bond donors (Lipinski definition) is 1. The van der Waals surface area contributed by atoms with Gasteiger partial charge in [0.15, 0.2) is 0 Å². The van der Waals surface area contributed by atoms with E-state index >= 15 is 0 Å². The molecule has 194 valence electrons. The Bertz CT molecular complexity index is 1130. The Morgan fingerprint density at radius 3 is 2.47 bits per heavy atom. The average Bonchev–Trinajstić information content (AvgIpc) is 3.60. The predicted molar refractivity (Wildman–Crippen MR) is 131 cm³/mol. The summed E-state index contributed by atoms with van der Waals surface area (Å²) in [6.07, 6.45) is 3.52. The molecular weight excluding hydrogens is 471 g/mol. The molecule has 36 heavy (non-hydrogen) atoms. The molecule has 5 heterocycles. The molecule has 3 aliphatic heterocycles. The second-order valence-electron chi connectivity index (χ2n) is 10.2. The molecule has 0 bridgehead atoms. The summed E-state index contributed by atoms with van der Waals surface area (Å²) >= 11 is 0. The second-order valence-corrected chi connectivity index (χ2v) is 10.2. The summed E-state index contributed by atoms with van der Waals surface area (Å²) in [5, 5.41) is 6.62. The van der Waals surface area contributed by atoms with E-state index in [4.69, 9.17) is 9.51 Å². The number of aromatic nitrogens is 3. The third-order valence-corrected chi connectivity index (χ3v) is 7.24. The Morgan fingerprint density at radius 1 is 1.08 bits per heavy atom. The molecule has 3 aliphatic rings. The number of rotatable bonds is 7. The number of aliphatic imine (C=N–C) groups is 1. The lowest BCUT2D eigenvalue weighted by molar-refractivity contribution is -0.146. The van der Waals surface area contributed by atoms with E-state index in [9.17, 15) is 13.2 Å². The highest BCUT2D eigenvalue weighted by Crippen LogP contribution is 2.37. The van der Waals surface area contributed by atoms with Crippen molar-refractivity contribution >= 4 is 11.9 Å². The van der Waals surface area contributed by atoms with Crippen LogP contribution in [0, 0.1) is 0 Å². The lowest BCUT2D eigenvalue weighted by atomic mass is 9.90. The molecule has 0 atom stereocenters. The van der Waals surface area contributed by atoms with Gasteiger partial charge in [-0.2, -0.15) is 18.2 Å². The van der Waals surface area contributed by atoms with Gasteiger partial charge in [-0.25, -0.2) is 4.98 Å². The number of anilines is 1. The van der Waals surface area contributed by atoms with Crippen LogP contribution in [0.25, 0.3) is 11.6 Å². The minimum absolute atomic E-state index is 0.159. The van der Waals surface area contributed by atoms with E-state index in [1.165, 1.54) is 18.5 Å². The summed E-state index contributed by atoms with van der Waals surface area (Å²) in [4.78, 5) is 17.7. The van der Waals surface area contributed by atoms with E-state index in [2.05, 4.69) is 50.2 Å². The van der Waals surface area contributed by atoms with Crippen molar-refractivity contribution in [2.75, 3.05) is 44.6 Å². The zero-order valence-corrected chi connectivity index (χ0v) is 20.7. The van der Waals surface area contributed by atoms with E-state index < -0.39 is 12.0 Å². The normalized spacial score (nSPS) is 20.8. The zero-order valence-electron chi connectivity index (χ0n) is 20.7. The van der Waals surface area contributed by atoms with Gasteiger partial charge in [0.1, 0.15) is 5.69 Å². The Hall–Kier alpha value is -2.95. The maximum Gasteiger partial charge on any atom is 0.455 e. The van der Waals surface area contributed by atoms with Gasteiger partial charge in [-0.1, -0.05) is 5.16 Å². The molecule has 2 aromatic rings. The third kappa shape index (κ3) is 5.25. The van der Waals surface area contributed by atoms with Crippen molar-refractivity contribution in [2.24, 2.45) is 4.99 Å². The summed E-state index contributed by atoms with van der Waals surface area (Å²) in [6, 6.07) is 3.52. The minimum Gasteiger partial charge on any atom is -0.382 e. The van der Waals surface area contributed by atoms with Crippen molar-refractivity contribution in [3.05, 3.63) is 35.4 Å². The molecule has 0 aromatic carbocycles. The second kappa shape index (κ2) is 9.84. The molecule has 1 N–H and O–H groups in total. The lowest BCUT2D eigenvalue weighted by Gasteiger charge is -2.38. The molecule has 0 unspecified atom stereocenters. The highest BCUT2D eigenvalue weighted by molar-refractivity contribution is 5.76. The smallest absolute Gasteiger partial charge is 0.382 e. The number of pyridine rings is 1. The highest BCUT2D eigenvalue weighted by Gasteiger charge is 2.38. The molecule has 0 aliphatic carbocycles. The fraction of sp³-hybridized carbons (Fsp3) is 0.600. The van der Waals surface area contributed by atoms with Gasteiger partial charge in [0.05, 0.1) is 16.9 Å². The van der Waals surface area contributed by atoms with Crippen LogP contribution < -0.4 is 5.32 Å². The summed E-state index contributed by atoms with van der Waals surface area (Å²) < 4.78 is 43.9. The van der Waals surface area contributed by atoms with Crippen LogP contribution in [0.15, 0.2) is 33.4 Å². The number of allylic oxidation sites excluding steroid dienone is 1. The predicted octanol–water partition coefficient (Wildman–Crippen LogP) is 4.58. The SMILES string of the molecule is CC1(C)N=CC=C1N1CCC(c2nc(-c3nc(C(F)(F)F)no3)ccc2NCCN2CCCC2)CC1. The van der Waals surface area contributed by atoms with Crippen LogP contribution in [0.1, 0.15) is 57.0 Å². The fourth-order valence-electron chi connectivity index (χ4n) is 5.30. The number of hydrogen-bond acceptors (Lipinski definition) is 8. The molecule has 0 saturated carbocycles. The van der Waals surface area contributed by atoms with E-state index in [1.54, 1.807) is 6.07 Å². The minimum atomic E-state index is -4.67. The maximum absolute atomic E-state index is 13.0. The fourth-order valence-corrected chi connectivity index (χ4v) is 5.30. The molecular formula is C25H32F3N7O. The molecule has 11 heteroatoms. The van der Waals surface area contributed by atoms with Crippen LogP contribution in [0.5, 0.6) is 0 Å². The quantitative estimate of drug-likeness (QED) is 0.592. The van der Waals surface area contributed by atoms with E-state index in [1.807, 2.05) is 12.3 Å². The number of nitrogens with one attached hydrogen (secondary N) is 1. The van der Waals surface area contributed by atoms with Crippen molar-refractivity contribution in [2.45, 2.75) is 57.2 Å². The summed E-state index contributed by atoms with van der Waals surface area (Å²) in [7, 11) is 0. The molecule has 0 radical (unpaired) electrons. The lowest BCUT2D eigenvalue weighted by Crippen LogP contribution is -2.38. The first-order chi connectivity index (χ1) is 17.2. The van der Waals surface area contributed by atoms with Gasteiger partial charge in [0.25, 0.3) is 11.7 Å². The van der Waals surface area contributed by atoms with Crippen LogP contribution in [0.3, 0.4) is 0 Å². The number of piperidine rings is 1. The highest BCUT2D eigenvalue weighted by atomic mass is 19.4. The Morgan fingerprint density at radius 2 is 1.83 bits per heavy atom. The first kappa shape index (κ1) is 24.7. The third-order valence-electron chi connectivity index (χ3n) is 7.24. The first-order valence-corrected chi connectivity index (χ1v) is 12.6. The molecule has 2 aromatic heterocycles. The largest absolute Gasteiger partial charge is 0.455 e. The Kier molecular flexibility index (Phi) is 6.76. The Balaban J connectivity index is 1.35. The monoisotopic (exact) mass is 503 g/mol. The van der Waals surface area contributed by atoms with Gasteiger partial charge in [-0.05, 0) is 70.8 Å². The number of halogens is 3. The number of alkyl halides is 3. The van der Waals surface area contributed by atoms with Crippen molar-refractivity contribution in [3.63, 3.8) is 0 Å². The van der Waals surface area contributed by atoms with Crippen molar-refractivity contribution < 1.29 is 17.7 Å². The number of likely N-dealkylation sites (tertiary alicyclic amines) is 2. The van der Waals surface area contributed by atoms with Gasteiger partial charge in [0.2, 0.25) is 0 Å². The van der Waals surface area contributed by atoms with Crippen LogP contribution in [0.4, 0.5) is 18.9 Å². The maximum atomic E-state index is 13.0. The molecule has 2 saturated heterocycles. The summed E-state index contributed by atoms with van der Waals surface area (Å²) in [6.45, 7) is 9.93. The van der Waals surface area contributed by atoms with E-state index in [0.717, 1.165) is 63.5 Å². The standard InChI is InChI=1S/C25H32F3N7O/c1-24(2)20(7-10-30-24)35-14-8-17(9-15-35)21-18(29-11-16-34-12-3-4-13-34)5-6-19(31-21)22-32-23(33-36-22)25(26,27)28/h5-7,10,17,29H,3-4,8-9,11-16H2,1-2H3. The van der Waals surface area contributed by atoms with Gasteiger partial charge < -0.3 is 19.6 Å². The van der Waals surface area contributed by atoms with Crippen molar-refractivity contribution in [1.29, 1.82) is 0 Å². The van der Waals surface area contributed by atoms with Gasteiger partial charge >= 0.3 is 6.18 Å². The molecule has 0 amide bonds. The van der Waals surface area contributed by atoms with E-state index in [-0.39, 0.29) is 23.0 Å². The van der Waals surface area contributed by atoms with Crippen LogP contribution in [0.2, 0.25) is 0 Å². The number of nitrogens with zero attached hydrogens (tertiary/aromatic N) is 6. The molecule has 0 spiro atoms. The van der Waals surface area contributed by atoms with Gasteiger partial charge in [-0.3, -0.25) is 4.99 Å². The summed E-state index contributed by atoms with van der Waals surface area (Å²) in [5.41, 5.74) is 3.01.